The van der Waals surface area contributed by atoms with Crippen LogP contribution in [0.1, 0.15) is 220 Å². The lowest BCUT2D eigenvalue weighted by Crippen LogP contribution is -2.30. The molecule has 0 aromatic rings. The smallest absolute Gasteiger partial charge is 0.306 e. The number of carbonyl (C=O) groups is 3. The molecule has 0 saturated carbocycles. The lowest BCUT2D eigenvalue weighted by Gasteiger charge is -2.18. The summed E-state index contributed by atoms with van der Waals surface area (Å²) in [6, 6.07) is 0. The maximum Gasteiger partial charge on any atom is 0.306 e. The van der Waals surface area contributed by atoms with E-state index >= 15 is 0 Å². The number of hydrogen-bond acceptors (Lipinski definition) is 6. The van der Waals surface area contributed by atoms with Crippen molar-refractivity contribution < 1.29 is 28.6 Å². The van der Waals surface area contributed by atoms with Crippen molar-refractivity contribution in [3.05, 3.63) is 85.1 Å². The normalized spacial score (nSPS) is 12.8. The molecule has 0 aliphatic heterocycles. The third-order valence-corrected chi connectivity index (χ3v) is 10.3. The van der Waals surface area contributed by atoms with Gasteiger partial charge in [0.05, 0.1) is 0 Å². The lowest BCUT2D eigenvalue weighted by atomic mass is 10.0. The predicted molar refractivity (Wildman–Crippen MR) is 256 cm³/mol. The van der Waals surface area contributed by atoms with Crippen molar-refractivity contribution in [2.45, 2.75) is 226 Å². The maximum atomic E-state index is 12.7. The molecule has 6 nitrogen and oxygen atoms in total. The molecule has 1 unspecified atom stereocenters. The second-order valence-corrected chi connectivity index (χ2v) is 16.1. The fraction of sp³-hybridized carbons (Fsp3) is 0.685. The average molecular weight is 835 g/mol. The summed E-state index contributed by atoms with van der Waals surface area (Å²) in [6.07, 6.45) is 61.4. The Morgan fingerprint density at radius 2 is 0.650 bits per heavy atom. The van der Waals surface area contributed by atoms with Gasteiger partial charge in [0.15, 0.2) is 6.10 Å². The van der Waals surface area contributed by atoms with E-state index in [2.05, 4.69) is 69.4 Å². The zero-order valence-electron chi connectivity index (χ0n) is 38.9. The molecule has 0 aliphatic carbocycles. The quantitative estimate of drug-likeness (QED) is 0.0263. The number of ether oxygens (including phenoxy) is 3. The van der Waals surface area contributed by atoms with Gasteiger partial charge in [0, 0.05) is 19.3 Å². The van der Waals surface area contributed by atoms with Gasteiger partial charge in [-0.25, -0.2) is 0 Å². The minimum Gasteiger partial charge on any atom is -0.462 e. The van der Waals surface area contributed by atoms with Crippen molar-refractivity contribution in [3.8, 4) is 0 Å². The molecule has 0 radical (unpaired) electrons. The van der Waals surface area contributed by atoms with Crippen LogP contribution in [0.5, 0.6) is 0 Å². The Bertz CT molecular complexity index is 1190. The van der Waals surface area contributed by atoms with Gasteiger partial charge in [0.1, 0.15) is 13.2 Å². The van der Waals surface area contributed by atoms with E-state index < -0.39 is 6.10 Å². The third kappa shape index (κ3) is 45.7. The van der Waals surface area contributed by atoms with Crippen LogP contribution in [0.15, 0.2) is 85.1 Å². The van der Waals surface area contributed by atoms with Gasteiger partial charge < -0.3 is 14.2 Å². The first-order valence-corrected chi connectivity index (χ1v) is 24.7. The van der Waals surface area contributed by atoms with Crippen molar-refractivity contribution in [2.75, 3.05) is 13.2 Å². The molecule has 0 amide bonds. The Morgan fingerprint density at radius 1 is 0.350 bits per heavy atom. The minimum absolute atomic E-state index is 0.0984. The zero-order chi connectivity index (χ0) is 43.7. The average Bonchev–Trinajstić information content (AvgIpc) is 3.24. The van der Waals surface area contributed by atoms with E-state index in [1.807, 2.05) is 36.5 Å². The molecule has 0 fully saturated rings. The number of hydrogen-bond donors (Lipinski definition) is 0. The number of allylic oxidation sites excluding steroid dienone is 14. The molecule has 0 aromatic heterocycles. The monoisotopic (exact) mass is 835 g/mol. The van der Waals surface area contributed by atoms with Gasteiger partial charge in [-0.3, -0.25) is 14.4 Å². The molecular formula is C54H90O6. The molecule has 0 aliphatic rings. The number of rotatable bonds is 43. The molecular weight excluding hydrogens is 745 g/mol. The minimum atomic E-state index is -0.803. The van der Waals surface area contributed by atoms with Gasteiger partial charge in [-0.2, -0.15) is 0 Å². The van der Waals surface area contributed by atoms with E-state index in [0.29, 0.717) is 19.3 Å². The zero-order valence-corrected chi connectivity index (χ0v) is 38.9. The van der Waals surface area contributed by atoms with Crippen LogP contribution in [0.2, 0.25) is 0 Å². The third-order valence-electron chi connectivity index (χ3n) is 10.3. The van der Waals surface area contributed by atoms with E-state index in [1.165, 1.54) is 83.5 Å². The number of esters is 3. The summed E-state index contributed by atoms with van der Waals surface area (Å²) in [7, 11) is 0. The van der Waals surface area contributed by atoms with E-state index in [0.717, 1.165) is 89.9 Å². The molecule has 6 heteroatoms. The summed E-state index contributed by atoms with van der Waals surface area (Å²) in [6.45, 7) is 6.31. The van der Waals surface area contributed by atoms with Crippen LogP contribution < -0.4 is 0 Å². The van der Waals surface area contributed by atoms with Crippen LogP contribution in [0.25, 0.3) is 0 Å². The summed E-state index contributed by atoms with van der Waals surface area (Å²) >= 11 is 0. The van der Waals surface area contributed by atoms with E-state index in [4.69, 9.17) is 14.2 Å². The van der Waals surface area contributed by atoms with E-state index in [-0.39, 0.29) is 37.5 Å². The summed E-state index contributed by atoms with van der Waals surface area (Å²) < 4.78 is 16.7. The molecule has 0 heterocycles. The Labute approximate surface area is 369 Å². The number of unbranched alkanes of at least 4 members (excludes halogenated alkanes) is 23. The van der Waals surface area contributed by atoms with Gasteiger partial charge >= 0.3 is 17.9 Å². The van der Waals surface area contributed by atoms with Crippen LogP contribution in [0.3, 0.4) is 0 Å². The topological polar surface area (TPSA) is 78.9 Å². The molecule has 0 rings (SSSR count). The van der Waals surface area contributed by atoms with Crippen molar-refractivity contribution in [1.29, 1.82) is 0 Å². The van der Waals surface area contributed by atoms with Gasteiger partial charge in [-0.15, -0.1) is 0 Å². The van der Waals surface area contributed by atoms with Gasteiger partial charge in [-0.1, -0.05) is 228 Å². The fourth-order valence-corrected chi connectivity index (χ4v) is 6.63. The molecule has 60 heavy (non-hydrogen) atoms. The summed E-state index contributed by atoms with van der Waals surface area (Å²) in [5.41, 5.74) is 0. The standard InChI is InChI=1S/C54H90O6/c1-4-7-10-13-16-19-22-25-26-27-30-32-35-38-41-44-47-53(56)59-50-51(60-54(57)48-45-42-39-36-33-29-24-21-18-15-12-9-6-3)49-58-52(55)46-43-40-37-34-31-28-23-20-17-14-11-8-5-2/h8-9,11-12,14-15,17-18,20-21,23-24,29,33,51H,4-7,10,13,16,19,22,25-28,30-32,34-50H2,1-3H3/b11-8+,12-9+,17-14+,18-15+,23-20+,24-21+,33-29+. The highest BCUT2D eigenvalue weighted by molar-refractivity contribution is 5.71. The molecule has 0 bridgehead atoms. The maximum absolute atomic E-state index is 12.7. The summed E-state index contributed by atoms with van der Waals surface area (Å²) in [5.74, 6) is -0.961. The van der Waals surface area contributed by atoms with Crippen molar-refractivity contribution in [1.82, 2.24) is 0 Å². The van der Waals surface area contributed by atoms with Crippen molar-refractivity contribution in [3.63, 3.8) is 0 Å². The van der Waals surface area contributed by atoms with Crippen LogP contribution in [-0.4, -0.2) is 37.2 Å². The lowest BCUT2D eigenvalue weighted by molar-refractivity contribution is -0.167. The Hall–Kier alpha value is -3.41. The van der Waals surface area contributed by atoms with Crippen LogP contribution >= 0.6 is 0 Å². The molecule has 1 atom stereocenters. The molecule has 0 saturated heterocycles. The Kier molecular flexibility index (Phi) is 45.5. The van der Waals surface area contributed by atoms with Crippen LogP contribution in [-0.2, 0) is 28.6 Å². The van der Waals surface area contributed by atoms with Gasteiger partial charge in [-0.05, 0) is 57.8 Å². The van der Waals surface area contributed by atoms with Crippen LogP contribution in [0.4, 0.5) is 0 Å². The second-order valence-electron chi connectivity index (χ2n) is 16.1. The van der Waals surface area contributed by atoms with E-state index in [9.17, 15) is 14.4 Å². The molecule has 342 valence electrons. The first-order chi connectivity index (χ1) is 29.5. The molecule has 0 aromatic carbocycles. The predicted octanol–water partition coefficient (Wildman–Crippen LogP) is 16.0. The number of carbonyl (C=O) groups excluding carboxylic acids is 3. The summed E-state index contributed by atoms with van der Waals surface area (Å²) in [4.78, 5) is 37.9. The first kappa shape index (κ1) is 56.6. The first-order valence-electron chi connectivity index (χ1n) is 24.7. The highest BCUT2D eigenvalue weighted by atomic mass is 16.6. The fourth-order valence-electron chi connectivity index (χ4n) is 6.63. The summed E-state index contributed by atoms with van der Waals surface area (Å²) in [5, 5.41) is 0. The van der Waals surface area contributed by atoms with Gasteiger partial charge in [0.2, 0.25) is 0 Å². The van der Waals surface area contributed by atoms with Crippen molar-refractivity contribution >= 4 is 17.9 Å². The SMILES string of the molecule is CC/C=C/C=C/C=C/C=C/CCCCCC(=O)OC(COC(=O)CCCCCCC/C=C/C=C/C=C/CC)COC(=O)CCCCCCCCCCCCCCCCCC. The molecule has 0 N–H and O–H groups in total. The Balaban J connectivity index is 4.44. The molecule has 0 spiro atoms. The van der Waals surface area contributed by atoms with Crippen LogP contribution in [0, 0.1) is 0 Å². The van der Waals surface area contributed by atoms with Crippen molar-refractivity contribution in [2.24, 2.45) is 0 Å². The van der Waals surface area contributed by atoms with Gasteiger partial charge in [0.25, 0.3) is 0 Å². The van der Waals surface area contributed by atoms with E-state index in [1.54, 1.807) is 0 Å². The Morgan fingerprint density at radius 3 is 1.03 bits per heavy atom. The second kappa shape index (κ2) is 48.3. The largest absolute Gasteiger partial charge is 0.462 e. The highest BCUT2D eigenvalue weighted by Gasteiger charge is 2.19. The highest BCUT2D eigenvalue weighted by Crippen LogP contribution is 2.15.